The summed E-state index contributed by atoms with van der Waals surface area (Å²) in [7, 11) is 0. The summed E-state index contributed by atoms with van der Waals surface area (Å²) in [6, 6.07) is 0. The summed E-state index contributed by atoms with van der Waals surface area (Å²) in [4.78, 5) is 11.4. The lowest BCUT2D eigenvalue weighted by Gasteiger charge is -2.23. The largest absolute Gasteiger partial charge is 0.396 e. The fraction of sp³-hybridized carbons (Fsp3) is 0.889. The summed E-state index contributed by atoms with van der Waals surface area (Å²) in [6.45, 7) is 2.22. The van der Waals surface area contributed by atoms with Crippen molar-refractivity contribution in [1.82, 2.24) is 0 Å². The molecule has 11 heavy (non-hydrogen) atoms. The molecule has 0 aliphatic heterocycles. The van der Waals surface area contributed by atoms with Gasteiger partial charge < -0.3 is 5.11 Å². The van der Waals surface area contributed by atoms with Crippen LogP contribution in [0.15, 0.2) is 0 Å². The van der Waals surface area contributed by atoms with Gasteiger partial charge in [0.25, 0.3) is 0 Å². The molecule has 3 unspecified atom stereocenters. The molecule has 62 valence electrons. The number of ketones is 1. The fourth-order valence-corrected chi connectivity index (χ4v) is 2.80. The number of Topliss-reactive ketones (excluding diaryl/α,β-unsaturated/α-hetero) is 1. The van der Waals surface area contributed by atoms with E-state index in [0.29, 0.717) is 11.7 Å². The predicted molar refractivity (Wildman–Crippen MR) is 41.0 cm³/mol. The van der Waals surface area contributed by atoms with Crippen LogP contribution in [0.4, 0.5) is 0 Å². The van der Waals surface area contributed by atoms with E-state index in [2.05, 4.69) is 0 Å². The Morgan fingerprint density at radius 3 is 2.73 bits per heavy atom. The molecule has 0 heterocycles. The van der Waals surface area contributed by atoms with E-state index in [1.54, 1.807) is 0 Å². The summed E-state index contributed by atoms with van der Waals surface area (Å²) in [6.07, 6.45) is 2.87. The summed E-state index contributed by atoms with van der Waals surface area (Å²) >= 11 is 0. The van der Waals surface area contributed by atoms with E-state index in [0.717, 1.165) is 19.3 Å². The van der Waals surface area contributed by atoms with E-state index in [1.165, 1.54) is 0 Å². The van der Waals surface area contributed by atoms with E-state index < -0.39 is 0 Å². The van der Waals surface area contributed by atoms with Gasteiger partial charge in [0.05, 0.1) is 0 Å². The van der Waals surface area contributed by atoms with Crippen LogP contribution in [0, 0.1) is 17.3 Å². The van der Waals surface area contributed by atoms with Crippen LogP contribution in [-0.2, 0) is 4.79 Å². The maximum Gasteiger partial charge on any atom is 0.139 e. The lowest BCUT2D eigenvalue weighted by molar-refractivity contribution is -0.127. The number of hydrogen-bond acceptors (Lipinski definition) is 2. The Morgan fingerprint density at radius 1 is 1.73 bits per heavy atom. The molecule has 2 heteroatoms. The summed E-state index contributed by atoms with van der Waals surface area (Å²) in [5.41, 5.74) is -0.153. The molecule has 2 rings (SSSR count). The SMILES string of the molecule is CC12CCC(CC1=O)C2CO. The molecule has 0 aromatic heterocycles. The van der Waals surface area contributed by atoms with Gasteiger partial charge in [-0.05, 0) is 24.7 Å². The van der Waals surface area contributed by atoms with Gasteiger partial charge in [-0.1, -0.05) is 6.92 Å². The fourth-order valence-electron chi connectivity index (χ4n) is 2.80. The zero-order valence-electron chi connectivity index (χ0n) is 6.84. The van der Waals surface area contributed by atoms with Crippen LogP contribution in [-0.4, -0.2) is 17.5 Å². The van der Waals surface area contributed by atoms with Crippen molar-refractivity contribution in [1.29, 1.82) is 0 Å². The Hall–Kier alpha value is -0.370. The maximum atomic E-state index is 11.4. The highest BCUT2D eigenvalue weighted by molar-refractivity contribution is 5.88. The third-order valence-corrected chi connectivity index (χ3v) is 3.70. The van der Waals surface area contributed by atoms with Crippen LogP contribution in [0.3, 0.4) is 0 Å². The maximum absolute atomic E-state index is 11.4. The van der Waals surface area contributed by atoms with Crippen molar-refractivity contribution < 1.29 is 9.90 Å². The lowest BCUT2D eigenvalue weighted by Crippen LogP contribution is -2.28. The quantitative estimate of drug-likeness (QED) is 0.611. The van der Waals surface area contributed by atoms with Gasteiger partial charge in [-0.25, -0.2) is 0 Å². The van der Waals surface area contributed by atoms with Crippen molar-refractivity contribution in [2.24, 2.45) is 17.3 Å². The highest BCUT2D eigenvalue weighted by Gasteiger charge is 2.55. The average Bonchev–Trinajstić information content (AvgIpc) is 2.38. The number of aliphatic hydroxyl groups is 1. The third-order valence-electron chi connectivity index (χ3n) is 3.70. The Balaban J connectivity index is 2.31. The van der Waals surface area contributed by atoms with Gasteiger partial charge in [0.2, 0.25) is 0 Å². The molecule has 2 fully saturated rings. The Kier molecular flexibility index (Phi) is 1.37. The predicted octanol–water partition coefficient (Wildman–Crippen LogP) is 0.984. The molecule has 0 saturated heterocycles. The van der Waals surface area contributed by atoms with Crippen molar-refractivity contribution in [2.45, 2.75) is 26.2 Å². The van der Waals surface area contributed by atoms with Crippen LogP contribution in [0.25, 0.3) is 0 Å². The summed E-state index contributed by atoms with van der Waals surface area (Å²) in [5, 5.41) is 9.08. The van der Waals surface area contributed by atoms with Crippen molar-refractivity contribution in [3.63, 3.8) is 0 Å². The minimum Gasteiger partial charge on any atom is -0.396 e. The Labute approximate surface area is 66.6 Å². The molecule has 2 nitrogen and oxygen atoms in total. The monoisotopic (exact) mass is 154 g/mol. The normalized spacial score (nSPS) is 48.7. The van der Waals surface area contributed by atoms with Crippen LogP contribution in [0.1, 0.15) is 26.2 Å². The van der Waals surface area contributed by atoms with E-state index in [4.69, 9.17) is 5.11 Å². The molecule has 0 amide bonds. The van der Waals surface area contributed by atoms with Crippen molar-refractivity contribution in [3.05, 3.63) is 0 Å². The highest BCUT2D eigenvalue weighted by Crippen LogP contribution is 2.55. The molecule has 0 radical (unpaired) electrons. The topological polar surface area (TPSA) is 37.3 Å². The van der Waals surface area contributed by atoms with Gasteiger partial charge in [-0.3, -0.25) is 4.79 Å². The molecule has 1 N–H and O–H groups in total. The summed E-state index contributed by atoms with van der Waals surface area (Å²) < 4.78 is 0. The first-order chi connectivity index (χ1) is 5.18. The number of carbonyl (C=O) groups is 1. The second-order valence-corrected chi connectivity index (χ2v) is 4.13. The van der Waals surface area contributed by atoms with Gasteiger partial charge in [0, 0.05) is 18.4 Å². The van der Waals surface area contributed by atoms with Crippen molar-refractivity contribution >= 4 is 5.78 Å². The number of carbonyl (C=O) groups excluding carboxylic acids is 1. The molecule has 2 saturated carbocycles. The average molecular weight is 154 g/mol. The zero-order chi connectivity index (χ0) is 8.06. The minimum atomic E-state index is -0.153. The molecular weight excluding hydrogens is 140 g/mol. The lowest BCUT2D eigenvalue weighted by atomic mass is 9.80. The van der Waals surface area contributed by atoms with Gasteiger partial charge in [0.1, 0.15) is 5.78 Å². The Bertz CT molecular complexity index is 200. The van der Waals surface area contributed by atoms with Gasteiger partial charge >= 0.3 is 0 Å². The van der Waals surface area contributed by atoms with Crippen molar-refractivity contribution in [2.75, 3.05) is 6.61 Å². The van der Waals surface area contributed by atoms with Crippen LogP contribution in [0.2, 0.25) is 0 Å². The first-order valence-electron chi connectivity index (χ1n) is 4.32. The summed E-state index contributed by atoms with van der Waals surface area (Å²) in [5.74, 6) is 1.15. The van der Waals surface area contributed by atoms with Crippen molar-refractivity contribution in [3.8, 4) is 0 Å². The van der Waals surface area contributed by atoms with Gasteiger partial charge in [-0.15, -0.1) is 0 Å². The number of hydrogen-bond donors (Lipinski definition) is 1. The molecule has 2 aliphatic rings. The number of rotatable bonds is 1. The molecule has 0 spiro atoms. The van der Waals surface area contributed by atoms with E-state index >= 15 is 0 Å². The molecule has 0 aromatic carbocycles. The molecule has 2 bridgehead atoms. The number of aliphatic hydroxyl groups excluding tert-OH is 1. The van der Waals surface area contributed by atoms with E-state index in [-0.39, 0.29) is 17.9 Å². The molecule has 2 aliphatic carbocycles. The van der Waals surface area contributed by atoms with E-state index in [9.17, 15) is 4.79 Å². The van der Waals surface area contributed by atoms with Crippen LogP contribution >= 0.6 is 0 Å². The second-order valence-electron chi connectivity index (χ2n) is 4.13. The van der Waals surface area contributed by atoms with Crippen LogP contribution in [0.5, 0.6) is 0 Å². The first kappa shape index (κ1) is 7.29. The van der Waals surface area contributed by atoms with Gasteiger partial charge in [-0.2, -0.15) is 0 Å². The number of fused-ring (bicyclic) bond motifs is 2. The zero-order valence-corrected chi connectivity index (χ0v) is 6.84. The molecular formula is C9H14O2. The second kappa shape index (κ2) is 2.07. The smallest absolute Gasteiger partial charge is 0.139 e. The minimum absolute atomic E-state index is 0.153. The molecule has 3 atom stereocenters. The standard InChI is InChI=1S/C9H14O2/c1-9-3-2-6(4-8(9)11)7(9)5-10/h6-7,10H,2-5H2,1H3. The van der Waals surface area contributed by atoms with Crippen LogP contribution < -0.4 is 0 Å². The van der Waals surface area contributed by atoms with E-state index in [1.807, 2.05) is 6.92 Å². The van der Waals surface area contributed by atoms with Gasteiger partial charge in [0.15, 0.2) is 0 Å². The third kappa shape index (κ3) is 0.734. The Morgan fingerprint density at radius 2 is 2.45 bits per heavy atom. The molecule has 0 aromatic rings. The first-order valence-corrected chi connectivity index (χ1v) is 4.32. The highest BCUT2D eigenvalue weighted by atomic mass is 16.3.